The first kappa shape index (κ1) is 18.3. The van der Waals surface area contributed by atoms with Crippen molar-refractivity contribution in [2.45, 2.75) is 6.42 Å². The second-order valence-corrected chi connectivity index (χ2v) is 5.25. The first-order valence-electron chi connectivity index (χ1n) is 7.75. The molecule has 1 amide bonds. The molecule has 0 radical (unpaired) electrons. The lowest BCUT2D eigenvalue weighted by Gasteiger charge is -2.16. The molecule has 6 nitrogen and oxygen atoms in total. The number of benzene rings is 2. The summed E-state index contributed by atoms with van der Waals surface area (Å²) >= 11 is 0. The number of nitrogens with one attached hydrogen (secondary N) is 1. The average Bonchev–Trinajstić information content (AvgIpc) is 2.66. The van der Waals surface area contributed by atoms with Gasteiger partial charge in [-0.15, -0.1) is 0 Å². The van der Waals surface area contributed by atoms with Crippen molar-refractivity contribution >= 4 is 12.4 Å². The van der Waals surface area contributed by atoms with Gasteiger partial charge in [0, 0.05) is 17.7 Å². The second kappa shape index (κ2) is 8.73. The maximum absolute atomic E-state index is 11.4. The van der Waals surface area contributed by atoms with Gasteiger partial charge < -0.3 is 19.5 Å². The number of carbonyl (C=O) groups excluding carboxylic acids is 2. The monoisotopic (exact) mass is 343 g/mol. The molecule has 25 heavy (non-hydrogen) atoms. The zero-order valence-corrected chi connectivity index (χ0v) is 14.5. The van der Waals surface area contributed by atoms with E-state index in [4.69, 9.17) is 9.47 Å². The van der Waals surface area contributed by atoms with Gasteiger partial charge in [0.25, 0.3) is 0 Å². The summed E-state index contributed by atoms with van der Waals surface area (Å²) in [5.74, 6) is 1.12. The highest BCUT2D eigenvalue weighted by Gasteiger charge is 2.16. The minimum absolute atomic E-state index is 0.414. The Balaban J connectivity index is 2.44. The fraction of sp³-hybridized carbons (Fsp3) is 0.263. The van der Waals surface area contributed by atoms with E-state index in [0.717, 1.165) is 23.0 Å². The molecule has 0 aliphatic carbocycles. The number of amides is 1. The number of hydrogen-bond acceptors (Lipinski definition) is 5. The van der Waals surface area contributed by atoms with Gasteiger partial charge in [-0.05, 0) is 29.7 Å². The predicted octanol–water partition coefficient (Wildman–Crippen LogP) is 3.08. The van der Waals surface area contributed by atoms with Crippen molar-refractivity contribution in [2.24, 2.45) is 0 Å². The molecule has 0 aliphatic rings. The fourth-order valence-corrected chi connectivity index (χ4v) is 2.59. The Morgan fingerprint density at radius 3 is 2.48 bits per heavy atom. The van der Waals surface area contributed by atoms with Crippen molar-refractivity contribution in [2.75, 3.05) is 27.9 Å². The maximum atomic E-state index is 11.4. The molecule has 0 unspecified atom stereocenters. The Kier molecular flexibility index (Phi) is 6.39. The molecule has 0 bridgehead atoms. The number of ether oxygens (including phenoxy) is 3. The van der Waals surface area contributed by atoms with Crippen LogP contribution in [0.4, 0.5) is 4.79 Å². The maximum Gasteiger partial charge on any atom is 0.406 e. The number of carbonyl (C=O) groups is 2. The van der Waals surface area contributed by atoms with Crippen molar-refractivity contribution in [1.82, 2.24) is 5.32 Å². The van der Waals surface area contributed by atoms with E-state index in [1.807, 2.05) is 24.3 Å². The molecule has 0 saturated heterocycles. The van der Waals surface area contributed by atoms with Crippen molar-refractivity contribution in [3.63, 3.8) is 0 Å². The normalized spacial score (nSPS) is 10.0. The van der Waals surface area contributed by atoms with Crippen LogP contribution in [0.5, 0.6) is 11.5 Å². The van der Waals surface area contributed by atoms with E-state index in [2.05, 4.69) is 10.1 Å². The molecule has 0 aliphatic heterocycles. The van der Waals surface area contributed by atoms with Crippen LogP contribution in [0.1, 0.15) is 15.9 Å². The highest BCUT2D eigenvalue weighted by molar-refractivity contribution is 5.90. The Labute approximate surface area is 146 Å². The van der Waals surface area contributed by atoms with Gasteiger partial charge in [0.15, 0.2) is 17.8 Å². The van der Waals surface area contributed by atoms with Gasteiger partial charge >= 0.3 is 6.09 Å². The van der Waals surface area contributed by atoms with Crippen LogP contribution in [0.2, 0.25) is 0 Å². The molecule has 0 saturated carbocycles. The Bertz CT molecular complexity index is 757. The zero-order valence-electron chi connectivity index (χ0n) is 14.5. The highest BCUT2D eigenvalue weighted by atomic mass is 16.5. The van der Waals surface area contributed by atoms with Crippen LogP contribution in [-0.4, -0.2) is 40.3 Å². The summed E-state index contributed by atoms with van der Waals surface area (Å²) in [4.78, 5) is 22.6. The van der Waals surface area contributed by atoms with Crippen LogP contribution >= 0.6 is 0 Å². The minimum Gasteiger partial charge on any atom is -0.493 e. The molecule has 0 atom stereocenters. The molecule has 6 heteroatoms. The first-order valence-corrected chi connectivity index (χ1v) is 7.75. The lowest BCUT2D eigenvalue weighted by Crippen LogP contribution is -2.25. The quantitative estimate of drug-likeness (QED) is 0.782. The SMILES string of the molecule is COC(=O)NCCc1cc(OC)c(OC)c(-c2ccccc2C=O)c1. The van der Waals surface area contributed by atoms with Crippen molar-refractivity contribution in [3.05, 3.63) is 47.5 Å². The minimum atomic E-state index is -0.480. The average molecular weight is 343 g/mol. The first-order chi connectivity index (χ1) is 12.1. The third-order valence-electron chi connectivity index (χ3n) is 3.79. The molecule has 2 rings (SSSR count). The van der Waals surface area contributed by atoms with Gasteiger partial charge in [-0.25, -0.2) is 4.79 Å². The van der Waals surface area contributed by atoms with Gasteiger partial charge in [0.1, 0.15) is 0 Å². The topological polar surface area (TPSA) is 73.9 Å². The van der Waals surface area contributed by atoms with E-state index >= 15 is 0 Å². The van der Waals surface area contributed by atoms with Crippen LogP contribution < -0.4 is 14.8 Å². The standard InChI is InChI=1S/C19H21NO5/c1-23-17-11-13(8-9-20-19(22)25-3)10-16(18(17)24-2)15-7-5-4-6-14(15)12-21/h4-7,10-12H,8-9H2,1-3H3,(H,20,22). The Morgan fingerprint density at radius 2 is 1.84 bits per heavy atom. The Morgan fingerprint density at radius 1 is 1.08 bits per heavy atom. The molecule has 2 aromatic rings. The van der Waals surface area contributed by atoms with Gasteiger partial charge in [0.2, 0.25) is 0 Å². The number of hydrogen-bond donors (Lipinski definition) is 1. The molecule has 0 spiro atoms. The van der Waals surface area contributed by atoms with E-state index < -0.39 is 6.09 Å². The van der Waals surface area contributed by atoms with Gasteiger partial charge in [-0.3, -0.25) is 4.79 Å². The predicted molar refractivity (Wildman–Crippen MR) is 94.5 cm³/mol. The summed E-state index contributed by atoms with van der Waals surface area (Å²) in [5, 5.41) is 2.64. The van der Waals surface area contributed by atoms with Crippen molar-refractivity contribution in [3.8, 4) is 22.6 Å². The highest BCUT2D eigenvalue weighted by Crippen LogP contribution is 2.40. The van der Waals surface area contributed by atoms with Crippen LogP contribution in [0.25, 0.3) is 11.1 Å². The third kappa shape index (κ3) is 4.29. The molecule has 2 aromatic carbocycles. The summed E-state index contributed by atoms with van der Waals surface area (Å²) in [7, 11) is 4.44. The summed E-state index contributed by atoms with van der Waals surface area (Å²) in [5.41, 5.74) is 3.02. The number of rotatable bonds is 7. The summed E-state index contributed by atoms with van der Waals surface area (Å²) in [6.45, 7) is 0.414. The van der Waals surface area contributed by atoms with Crippen molar-refractivity contribution in [1.29, 1.82) is 0 Å². The van der Waals surface area contributed by atoms with Crippen LogP contribution in [0.3, 0.4) is 0 Å². The smallest absolute Gasteiger partial charge is 0.406 e. The zero-order chi connectivity index (χ0) is 18.2. The summed E-state index contributed by atoms with van der Waals surface area (Å²) < 4.78 is 15.5. The second-order valence-electron chi connectivity index (χ2n) is 5.25. The van der Waals surface area contributed by atoms with Crippen molar-refractivity contribution < 1.29 is 23.8 Å². The van der Waals surface area contributed by atoms with Gasteiger partial charge in [-0.1, -0.05) is 24.3 Å². The van der Waals surface area contributed by atoms with E-state index in [1.165, 1.54) is 7.11 Å². The molecule has 0 aromatic heterocycles. The van der Waals surface area contributed by atoms with Crippen LogP contribution in [0.15, 0.2) is 36.4 Å². The van der Waals surface area contributed by atoms with Gasteiger partial charge in [0.05, 0.1) is 21.3 Å². The number of aldehydes is 1. The molecular weight excluding hydrogens is 322 g/mol. The molecule has 0 heterocycles. The van der Waals surface area contributed by atoms with E-state index in [9.17, 15) is 9.59 Å². The van der Waals surface area contributed by atoms with E-state index in [-0.39, 0.29) is 0 Å². The summed E-state index contributed by atoms with van der Waals surface area (Å²) in [6, 6.07) is 11.1. The van der Waals surface area contributed by atoms with Crippen LogP contribution in [0, 0.1) is 0 Å². The van der Waals surface area contributed by atoms with E-state index in [0.29, 0.717) is 30.0 Å². The van der Waals surface area contributed by atoms with E-state index in [1.54, 1.807) is 26.4 Å². The molecule has 0 fully saturated rings. The third-order valence-corrected chi connectivity index (χ3v) is 3.79. The number of methoxy groups -OCH3 is 3. The largest absolute Gasteiger partial charge is 0.493 e. The molecular formula is C19H21NO5. The molecule has 132 valence electrons. The molecule has 1 N–H and O–H groups in total. The van der Waals surface area contributed by atoms with Crippen LogP contribution in [-0.2, 0) is 11.2 Å². The Hall–Kier alpha value is -3.02. The summed E-state index contributed by atoms with van der Waals surface area (Å²) in [6.07, 6.45) is 0.908. The van der Waals surface area contributed by atoms with Gasteiger partial charge in [-0.2, -0.15) is 0 Å². The lowest BCUT2D eigenvalue weighted by molar-refractivity contribution is 0.112. The lowest BCUT2D eigenvalue weighted by atomic mass is 9.96. The number of alkyl carbamates (subject to hydrolysis) is 1. The fourth-order valence-electron chi connectivity index (χ4n) is 2.59.